The van der Waals surface area contributed by atoms with E-state index in [1.54, 1.807) is 48.5 Å². The molecule has 3 aromatic carbocycles. The number of aryl methyl sites for hydroxylation is 1. The third-order valence-corrected chi connectivity index (χ3v) is 6.98. The summed E-state index contributed by atoms with van der Waals surface area (Å²) in [7, 11) is 1.52. The Bertz CT molecular complexity index is 1750. The highest BCUT2D eigenvalue weighted by Crippen LogP contribution is 2.46. The van der Waals surface area contributed by atoms with E-state index in [1.165, 1.54) is 12.0 Å². The highest BCUT2D eigenvalue weighted by molar-refractivity contribution is 6.30. The summed E-state index contributed by atoms with van der Waals surface area (Å²) in [6, 6.07) is 20.3. The number of ketones is 1. The van der Waals surface area contributed by atoms with Crippen molar-refractivity contribution in [1.82, 2.24) is 4.98 Å². The summed E-state index contributed by atoms with van der Waals surface area (Å²) in [5.41, 5.74) is 3.16. The number of aliphatic hydroxyl groups is 1. The quantitative estimate of drug-likeness (QED) is 0.256. The molecule has 6 rings (SSSR count). The first-order valence-electron chi connectivity index (χ1n) is 11.6. The first-order valence-corrected chi connectivity index (χ1v) is 12.0. The molecule has 1 atom stereocenters. The number of para-hydroxylation sites is 2. The van der Waals surface area contributed by atoms with Crippen molar-refractivity contribution in [3.8, 4) is 5.75 Å². The van der Waals surface area contributed by atoms with E-state index in [9.17, 15) is 14.7 Å². The van der Waals surface area contributed by atoms with Gasteiger partial charge in [-0.15, -0.1) is 0 Å². The van der Waals surface area contributed by atoms with Gasteiger partial charge in [0.25, 0.3) is 5.91 Å². The van der Waals surface area contributed by atoms with Crippen LogP contribution in [0.3, 0.4) is 0 Å². The predicted molar refractivity (Wildman–Crippen MR) is 141 cm³/mol. The number of amides is 1. The highest BCUT2D eigenvalue weighted by atomic mass is 35.5. The van der Waals surface area contributed by atoms with E-state index in [0.717, 1.165) is 16.6 Å². The van der Waals surface area contributed by atoms with Crippen molar-refractivity contribution in [2.75, 3.05) is 12.0 Å². The normalized spacial score (nSPS) is 15.8. The first kappa shape index (κ1) is 22.9. The zero-order valence-electron chi connectivity index (χ0n) is 19.9. The van der Waals surface area contributed by atoms with Gasteiger partial charge < -0.3 is 19.2 Å². The van der Waals surface area contributed by atoms with Crippen molar-refractivity contribution >= 4 is 50.9 Å². The minimum absolute atomic E-state index is 0.00528. The van der Waals surface area contributed by atoms with E-state index in [4.69, 9.17) is 20.8 Å². The van der Waals surface area contributed by atoms with Gasteiger partial charge >= 0.3 is 0 Å². The SMILES string of the molecule is COc1cccc2cc(C(=O)C3=C(O)C(=O)N(c4ccc(Cl)cc4)C3c3c(C)[nH]c4ccccc34)oc12. The molecule has 1 aliphatic rings. The number of benzene rings is 3. The number of aliphatic hydroxyl groups excluding tert-OH is 1. The lowest BCUT2D eigenvalue weighted by molar-refractivity contribution is -0.117. The zero-order valence-corrected chi connectivity index (χ0v) is 20.7. The highest BCUT2D eigenvalue weighted by Gasteiger charge is 2.46. The van der Waals surface area contributed by atoms with Crippen LogP contribution in [0.4, 0.5) is 5.69 Å². The Morgan fingerprint density at radius 1 is 1.08 bits per heavy atom. The van der Waals surface area contributed by atoms with E-state index in [1.807, 2.05) is 31.2 Å². The van der Waals surface area contributed by atoms with E-state index < -0.39 is 23.5 Å². The van der Waals surface area contributed by atoms with Crippen LogP contribution in [-0.2, 0) is 4.79 Å². The molecule has 1 amide bonds. The van der Waals surface area contributed by atoms with Crippen molar-refractivity contribution in [3.05, 3.63) is 106 Å². The van der Waals surface area contributed by atoms with Gasteiger partial charge in [0.15, 0.2) is 22.9 Å². The molecule has 5 aromatic rings. The minimum Gasteiger partial charge on any atom is -0.503 e. The van der Waals surface area contributed by atoms with Crippen LogP contribution >= 0.6 is 11.6 Å². The second kappa shape index (κ2) is 8.57. The van der Waals surface area contributed by atoms with Crippen LogP contribution in [0.2, 0.25) is 5.02 Å². The van der Waals surface area contributed by atoms with Crippen LogP contribution in [0.15, 0.2) is 88.5 Å². The summed E-state index contributed by atoms with van der Waals surface area (Å²) in [4.78, 5) is 32.3. The topological polar surface area (TPSA) is 95.8 Å². The summed E-state index contributed by atoms with van der Waals surface area (Å²) >= 11 is 6.10. The number of Topliss-reactive ketones (excluding diaryl/α,β-unsaturated/α-hetero) is 1. The van der Waals surface area contributed by atoms with Gasteiger partial charge in [-0.1, -0.05) is 41.9 Å². The molecule has 0 aliphatic carbocycles. The summed E-state index contributed by atoms with van der Waals surface area (Å²) in [5.74, 6) is -1.43. The lowest BCUT2D eigenvalue weighted by Gasteiger charge is -2.27. The van der Waals surface area contributed by atoms with Gasteiger partial charge in [-0.2, -0.15) is 0 Å². The number of furan rings is 1. The van der Waals surface area contributed by atoms with E-state index >= 15 is 0 Å². The lowest BCUT2D eigenvalue weighted by atomic mass is 9.92. The third-order valence-electron chi connectivity index (χ3n) is 6.73. The summed E-state index contributed by atoms with van der Waals surface area (Å²) in [5, 5.41) is 13.2. The van der Waals surface area contributed by atoms with Gasteiger partial charge in [-0.05, 0) is 49.4 Å². The van der Waals surface area contributed by atoms with Gasteiger partial charge in [0.2, 0.25) is 5.78 Å². The molecule has 0 bridgehead atoms. The summed E-state index contributed by atoms with van der Waals surface area (Å²) in [6.45, 7) is 1.88. The number of ether oxygens (including phenoxy) is 1. The molecule has 0 radical (unpaired) electrons. The fourth-order valence-electron chi connectivity index (χ4n) is 5.07. The molecule has 0 saturated carbocycles. The van der Waals surface area contributed by atoms with Gasteiger partial charge in [0.05, 0.1) is 18.7 Å². The fraction of sp³-hybridized carbons (Fsp3) is 0.103. The molecule has 3 heterocycles. The number of hydrogen-bond acceptors (Lipinski definition) is 5. The molecule has 2 aromatic heterocycles. The molecule has 0 spiro atoms. The number of H-pyrrole nitrogens is 1. The number of carbonyl (C=O) groups is 2. The molecule has 0 saturated heterocycles. The summed E-state index contributed by atoms with van der Waals surface area (Å²) < 4.78 is 11.3. The Kier molecular flexibility index (Phi) is 5.31. The Labute approximate surface area is 216 Å². The van der Waals surface area contributed by atoms with Crippen LogP contribution in [-0.4, -0.2) is 28.9 Å². The molecular formula is C29H21ClN2O5. The maximum Gasteiger partial charge on any atom is 0.294 e. The average Bonchev–Trinajstić information content (AvgIpc) is 3.55. The van der Waals surface area contributed by atoms with Crippen molar-refractivity contribution in [2.24, 2.45) is 0 Å². The predicted octanol–water partition coefficient (Wildman–Crippen LogP) is 6.67. The zero-order chi connectivity index (χ0) is 25.8. The fourth-order valence-corrected chi connectivity index (χ4v) is 5.20. The van der Waals surface area contributed by atoms with Crippen molar-refractivity contribution in [2.45, 2.75) is 13.0 Å². The number of anilines is 1. The van der Waals surface area contributed by atoms with Crippen molar-refractivity contribution < 1.29 is 23.8 Å². The van der Waals surface area contributed by atoms with Crippen LogP contribution < -0.4 is 9.64 Å². The number of nitrogens with one attached hydrogen (secondary N) is 1. The molecule has 7 nitrogen and oxygen atoms in total. The number of hydrogen-bond donors (Lipinski definition) is 2. The lowest BCUT2D eigenvalue weighted by Crippen LogP contribution is -2.31. The number of halogens is 1. The smallest absolute Gasteiger partial charge is 0.294 e. The Morgan fingerprint density at radius 2 is 1.84 bits per heavy atom. The Morgan fingerprint density at radius 3 is 2.59 bits per heavy atom. The molecule has 8 heteroatoms. The number of fused-ring (bicyclic) bond motifs is 2. The van der Waals surface area contributed by atoms with Crippen molar-refractivity contribution in [3.63, 3.8) is 0 Å². The second-order valence-electron chi connectivity index (χ2n) is 8.84. The second-order valence-corrected chi connectivity index (χ2v) is 9.28. The van der Waals surface area contributed by atoms with Crippen LogP contribution in [0, 0.1) is 6.92 Å². The molecular weight excluding hydrogens is 492 g/mol. The van der Waals surface area contributed by atoms with E-state index in [0.29, 0.717) is 33.0 Å². The molecule has 37 heavy (non-hydrogen) atoms. The Hall–Kier alpha value is -4.49. The van der Waals surface area contributed by atoms with E-state index in [-0.39, 0.29) is 11.3 Å². The molecule has 0 fully saturated rings. The van der Waals surface area contributed by atoms with Gasteiger partial charge in [0.1, 0.15) is 0 Å². The number of rotatable bonds is 5. The number of methoxy groups -OCH3 is 1. The van der Waals surface area contributed by atoms with Crippen molar-refractivity contribution in [1.29, 1.82) is 0 Å². The average molecular weight is 513 g/mol. The monoisotopic (exact) mass is 512 g/mol. The summed E-state index contributed by atoms with van der Waals surface area (Å²) in [6.07, 6.45) is 0. The number of carbonyl (C=O) groups excluding carboxylic acids is 2. The molecule has 2 N–H and O–H groups in total. The maximum absolute atomic E-state index is 14.0. The third kappa shape index (κ3) is 3.50. The van der Waals surface area contributed by atoms with Gasteiger partial charge in [0, 0.05) is 38.3 Å². The number of nitrogens with zero attached hydrogens (tertiary/aromatic N) is 1. The molecule has 184 valence electrons. The standard InChI is InChI=1S/C29H21ClN2O5/c1-15-23(19-7-3-4-8-20(19)31-15)25-24(27(34)29(35)32(25)18-12-10-17(30)11-13-18)26(33)22-14-16-6-5-9-21(36-2)28(16)37-22/h3-14,25,31,34H,1-2H3. The van der Waals surface area contributed by atoms with Crippen LogP contribution in [0.1, 0.15) is 27.9 Å². The number of aromatic nitrogens is 1. The largest absolute Gasteiger partial charge is 0.503 e. The minimum atomic E-state index is -0.910. The first-order chi connectivity index (χ1) is 17.9. The molecule has 1 aliphatic heterocycles. The van der Waals surface area contributed by atoms with Gasteiger partial charge in [-0.3, -0.25) is 14.5 Å². The van der Waals surface area contributed by atoms with Gasteiger partial charge in [-0.25, -0.2) is 0 Å². The maximum atomic E-state index is 14.0. The Balaban J connectivity index is 1.57. The van der Waals surface area contributed by atoms with Crippen LogP contribution in [0.25, 0.3) is 21.9 Å². The molecule has 1 unspecified atom stereocenters. The number of aromatic amines is 1. The van der Waals surface area contributed by atoms with E-state index in [2.05, 4.69) is 4.98 Å². The van der Waals surface area contributed by atoms with Crippen LogP contribution in [0.5, 0.6) is 5.75 Å².